The number of esters is 1. The topological polar surface area (TPSA) is 63.6 Å². The van der Waals surface area contributed by atoms with Crippen molar-refractivity contribution in [2.24, 2.45) is 5.41 Å². The molecule has 23 heavy (non-hydrogen) atoms. The van der Waals surface area contributed by atoms with Crippen LogP contribution in [-0.2, 0) is 11.2 Å². The van der Waals surface area contributed by atoms with E-state index in [4.69, 9.17) is 4.74 Å². The van der Waals surface area contributed by atoms with Gasteiger partial charge in [-0.1, -0.05) is 59.6 Å². The molecule has 1 unspecified atom stereocenters. The zero-order valence-electron chi connectivity index (χ0n) is 14.8. The van der Waals surface area contributed by atoms with E-state index in [0.29, 0.717) is 12.0 Å². The van der Waals surface area contributed by atoms with Crippen molar-refractivity contribution in [1.82, 2.24) is 0 Å². The summed E-state index contributed by atoms with van der Waals surface area (Å²) in [7, 11) is 0. The molecule has 0 bridgehead atoms. The first-order valence-electron chi connectivity index (χ1n) is 8.28. The van der Waals surface area contributed by atoms with Crippen molar-refractivity contribution in [3.05, 3.63) is 34.9 Å². The minimum absolute atomic E-state index is 0.0585. The first-order chi connectivity index (χ1) is 10.7. The number of hydrogen-bond acceptors (Lipinski definition) is 3. The molecule has 4 heteroatoms. The molecule has 0 fully saturated rings. The highest BCUT2D eigenvalue weighted by atomic mass is 16.5. The summed E-state index contributed by atoms with van der Waals surface area (Å²) in [4.78, 5) is 24.1. The second-order valence-electron chi connectivity index (χ2n) is 6.90. The van der Waals surface area contributed by atoms with E-state index in [9.17, 15) is 14.7 Å². The molecule has 0 aliphatic carbocycles. The predicted molar refractivity (Wildman–Crippen MR) is 91.0 cm³/mol. The zero-order valence-corrected chi connectivity index (χ0v) is 14.8. The SMILES string of the molecule is CCCCC(OC(=O)c1cccc(CC)c1C(=O)O)C(C)(C)C. The lowest BCUT2D eigenvalue weighted by Crippen LogP contribution is -2.32. The number of aromatic carboxylic acids is 1. The minimum atomic E-state index is -1.09. The molecule has 0 aliphatic rings. The van der Waals surface area contributed by atoms with Gasteiger partial charge in [0.25, 0.3) is 0 Å². The quantitative estimate of drug-likeness (QED) is 0.739. The molecule has 1 N–H and O–H groups in total. The van der Waals surface area contributed by atoms with Crippen molar-refractivity contribution >= 4 is 11.9 Å². The Morgan fingerprint density at radius 3 is 2.35 bits per heavy atom. The van der Waals surface area contributed by atoms with E-state index in [0.717, 1.165) is 19.3 Å². The monoisotopic (exact) mass is 320 g/mol. The molecule has 4 nitrogen and oxygen atoms in total. The summed E-state index contributed by atoms with van der Waals surface area (Å²) in [6.45, 7) is 10.1. The molecule has 0 saturated carbocycles. The van der Waals surface area contributed by atoms with Gasteiger partial charge in [0.1, 0.15) is 6.10 Å². The molecule has 0 aliphatic heterocycles. The lowest BCUT2D eigenvalue weighted by Gasteiger charge is -2.30. The lowest BCUT2D eigenvalue weighted by molar-refractivity contribution is -0.00698. The zero-order chi connectivity index (χ0) is 17.6. The summed E-state index contributed by atoms with van der Waals surface area (Å²) >= 11 is 0. The van der Waals surface area contributed by atoms with Crippen LogP contribution in [0.15, 0.2) is 18.2 Å². The molecule has 1 aromatic rings. The Labute approximate surface area is 138 Å². The van der Waals surface area contributed by atoms with Crippen LogP contribution in [0.5, 0.6) is 0 Å². The standard InChI is InChI=1S/C19H28O4/c1-6-8-12-15(19(3,4)5)23-18(22)14-11-9-10-13(7-2)16(14)17(20)21/h9-11,15H,6-8,12H2,1-5H3,(H,20,21). The molecule has 1 atom stereocenters. The van der Waals surface area contributed by atoms with Crippen LogP contribution in [0.25, 0.3) is 0 Å². The van der Waals surface area contributed by atoms with E-state index in [1.54, 1.807) is 12.1 Å². The first-order valence-corrected chi connectivity index (χ1v) is 8.28. The number of carboxylic acid groups (broad SMARTS) is 1. The average molecular weight is 320 g/mol. The van der Waals surface area contributed by atoms with E-state index < -0.39 is 11.9 Å². The van der Waals surface area contributed by atoms with Gasteiger partial charge in [0.15, 0.2) is 0 Å². The minimum Gasteiger partial charge on any atom is -0.478 e. The van der Waals surface area contributed by atoms with Crippen LogP contribution in [-0.4, -0.2) is 23.1 Å². The molecule has 128 valence electrons. The van der Waals surface area contributed by atoms with Gasteiger partial charge >= 0.3 is 11.9 Å². The maximum absolute atomic E-state index is 12.6. The van der Waals surface area contributed by atoms with Crippen molar-refractivity contribution in [1.29, 1.82) is 0 Å². The normalized spacial score (nSPS) is 12.7. The van der Waals surface area contributed by atoms with E-state index >= 15 is 0 Å². The number of unbranched alkanes of at least 4 members (excludes halogenated alkanes) is 1. The molecule has 1 rings (SSSR count). The number of aryl methyl sites for hydroxylation is 1. The highest BCUT2D eigenvalue weighted by Crippen LogP contribution is 2.28. The Kier molecular flexibility index (Phi) is 6.79. The maximum atomic E-state index is 12.6. The summed E-state index contributed by atoms with van der Waals surface area (Å²) in [5.74, 6) is -1.64. The third-order valence-electron chi connectivity index (χ3n) is 4.00. The second kappa shape index (κ2) is 8.14. The van der Waals surface area contributed by atoms with Gasteiger partial charge in [0.2, 0.25) is 0 Å². The molecule has 1 aromatic carbocycles. The Morgan fingerprint density at radius 1 is 1.22 bits per heavy atom. The number of rotatable bonds is 7. The Balaban J connectivity index is 3.11. The number of hydrogen-bond donors (Lipinski definition) is 1. The van der Waals surface area contributed by atoms with Crippen molar-refractivity contribution < 1.29 is 19.4 Å². The molecule has 0 radical (unpaired) electrons. The predicted octanol–water partition coefficient (Wildman–Crippen LogP) is 4.71. The van der Waals surface area contributed by atoms with Crippen molar-refractivity contribution in [3.8, 4) is 0 Å². The summed E-state index contributed by atoms with van der Waals surface area (Å²) in [6, 6.07) is 4.98. The van der Waals surface area contributed by atoms with Gasteiger partial charge in [-0.2, -0.15) is 0 Å². The first kappa shape index (κ1) is 19.2. The van der Waals surface area contributed by atoms with Gasteiger partial charge in [0, 0.05) is 0 Å². The molecular weight excluding hydrogens is 292 g/mol. The molecule has 0 heterocycles. The summed E-state index contributed by atoms with van der Waals surface area (Å²) < 4.78 is 5.69. The van der Waals surface area contributed by atoms with Crippen LogP contribution in [0, 0.1) is 5.41 Å². The Bertz CT molecular complexity index is 555. The Hall–Kier alpha value is -1.84. The third-order valence-corrected chi connectivity index (χ3v) is 4.00. The maximum Gasteiger partial charge on any atom is 0.339 e. The third kappa shape index (κ3) is 5.08. The van der Waals surface area contributed by atoms with Crippen LogP contribution in [0.3, 0.4) is 0 Å². The van der Waals surface area contributed by atoms with Crippen molar-refractivity contribution in [3.63, 3.8) is 0 Å². The van der Waals surface area contributed by atoms with E-state index in [1.807, 2.05) is 27.7 Å². The molecule has 0 amide bonds. The van der Waals surface area contributed by atoms with E-state index in [2.05, 4.69) is 6.92 Å². The highest BCUT2D eigenvalue weighted by molar-refractivity contribution is 6.03. The fourth-order valence-corrected chi connectivity index (χ4v) is 2.57. The number of carbonyl (C=O) groups is 2. The molecule has 0 aromatic heterocycles. The van der Waals surface area contributed by atoms with E-state index in [-0.39, 0.29) is 22.6 Å². The van der Waals surface area contributed by atoms with Gasteiger partial charge < -0.3 is 9.84 Å². The van der Waals surface area contributed by atoms with Gasteiger partial charge in [-0.05, 0) is 29.9 Å². The van der Waals surface area contributed by atoms with Crippen LogP contribution in [0.4, 0.5) is 0 Å². The summed E-state index contributed by atoms with van der Waals surface area (Å²) in [5.41, 5.74) is 0.662. The van der Waals surface area contributed by atoms with Gasteiger partial charge in [-0.3, -0.25) is 0 Å². The second-order valence-corrected chi connectivity index (χ2v) is 6.90. The fourth-order valence-electron chi connectivity index (χ4n) is 2.57. The molecule has 0 saturated heterocycles. The van der Waals surface area contributed by atoms with Gasteiger partial charge in [-0.15, -0.1) is 0 Å². The smallest absolute Gasteiger partial charge is 0.339 e. The molecule has 0 spiro atoms. The molecular formula is C19H28O4. The van der Waals surface area contributed by atoms with E-state index in [1.165, 1.54) is 6.07 Å². The van der Waals surface area contributed by atoms with Crippen molar-refractivity contribution in [2.75, 3.05) is 0 Å². The van der Waals surface area contributed by atoms with Crippen LogP contribution in [0.1, 0.15) is 80.2 Å². The van der Waals surface area contributed by atoms with Gasteiger partial charge in [-0.25, -0.2) is 9.59 Å². The number of ether oxygens (including phenoxy) is 1. The summed E-state index contributed by atoms with van der Waals surface area (Å²) in [6.07, 6.45) is 3.09. The fraction of sp³-hybridized carbons (Fsp3) is 0.579. The highest BCUT2D eigenvalue weighted by Gasteiger charge is 2.30. The van der Waals surface area contributed by atoms with Crippen molar-refractivity contribution in [2.45, 2.75) is 66.4 Å². The number of carboxylic acids is 1. The van der Waals surface area contributed by atoms with Crippen LogP contribution in [0.2, 0.25) is 0 Å². The van der Waals surface area contributed by atoms with Crippen LogP contribution >= 0.6 is 0 Å². The average Bonchev–Trinajstić information content (AvgIpc) is 2.48. The summed E-state index contributed by atoms with van der Waals surface area (Å²) in [5, 5.41) is 9.45. The number of benzene rings is 1. The number of carbonyl (C=O) groups excluding carboxylic acids is 1. The lowest BCUT2D eigenvalue weighted by atomic mass is 9.86. The van der Waals surface area contributed by atoms with Gasteiger partial charge in [0.05, 0.1) is 11.1 Å². The Morgan fingerprint density at radius 2 is 1.87 bits per heavy atom. The largest absolute Gasteiger partial charge is 0.478 e. The van der Waals surface area contributed by atoms with Crippen LogP contribution < -0.4 is 0 Å².